The molecule has 5 rings (SSSR count). The SMILES string of the molecule is CCN(Cc1ccccc1)C(CC(=O)O)C(=O)Nc1ccc2c(c1O)C(=O)C1=C(O)[C@]3(O)C(=O)C(C(N)=O)=C(O)[C@@H](N(C)C)C3C(O)C1C2C. The van der Waals surface area contributed by atoms with Gasteiger partial charge in [0.2, 0.25) is 11.7 Å². The molecule has 50 heavy (non-hydrogen) atoms. The van der Waals surface area contributed by atoms with E-state index in [2.05, 4.69) is 5.32 Å². The van der Waals surface area contributed by atoms with Crippen molar-refractivity contribution in [1.29, 1.82) is 0 Å². The van der Waals surface area contributed by atoms with Crippen molar-refractivity contribution in [3.63, 3.8) is 0 Å². The number of ketones is 2. The van der Waals surface area contributed by atoms with Gasteiger partial charge in [-0.25, -0.2) is 0 Å². The standard InChI is InChI=1S/C35H40N4O11/c1-5-39(14-16-9-7-6-8-10-16)19(13-20(40)41)34(49)37-18-12-11-17-15(2)21-23(28(43)22(17)27(18)42)31(46)35(50)25(29(21)44)26(38(3)4)30(45)24(32(35)47)33(36)48/h6-12,15,19,21,25-26,29,42,44-46,50H,5,13-14H2,1-4H3,(H2,36,48)(H,37,49)(H,40,41)/t15?,19?,21?,25?,26-,29?,35-/m0/s1. The van der Waals surface area contributed by atoms with E-state index in [9.17, 15) is 54.6 Å². The zero-order valence-corrected chi connectivity index (χ0v) is 27.8. The molecule has 2 aromatic carbocycles. The molecule has 0 spiro atoms. The van der Waals surface area contributed by atoms with Crippen LogP contribution >= 0.6 is 0 Å². The van der Waals surface area contributed by atoms with E-state index in [-0.39, 0.29) is 17.8 Å². The number of Topliss-reactive ketones (excluding diaryl/α,β-unsaturated/α-hetero) is 2. The number of carboxylic acids is 1. The van der Waals surface area contributed by atoms with Gasteiger partial charge in [0.05, 0.1) is 35.7 Å². The molecule has 0 aliphatic heterocycles. The number of anilines is 1. The highest BCUT2D eigenvalue weighted by Gasteiger charge is 2.67. The number of rotatable bonds is 10. The smallest absolute Gasteiger partial charge is 0.305 e. The molecule has 0 heterocycles. The Morgan fingerprint density at radius 3 is 2.24 bits per heavy atom. The van der Waals surface area contributed by atoms with Crippen molar-refractivity contribution in [2.45, 2.75) is 56.5 Å². The molecule has 3 aliphatic rings. The fourth-order valence-electron chi connectivity index (χ4n) is 7.75. The molecule has 5 unspecified atom stereocenters. The van der Waals surface area contributed by atoms with E-state index in [0.29, 0.717) is 6.54 Å². The van der Waals surface area contributed by atoms with E-state index >= 15 is 0 Å². The van der Waals surface area contributed by atoms with Crippen LogP contribution in [0.3, 0.4) is 0 Å². The van der Waals surface area contributed by atoms with Gasteiger partial charge in [0.15, 0.2) is 17.1 Å². The maximum absolute atomic E-state index is 14.2. The van der Waals surface area contributed by atoms with E-state index in [1.54, 1.807) is 18.7 Å². The summed E-state index contributed by atoms with van der Waals surface area (Å²) in [5.41, 5.74) is 1.08. The molecule has 0 saturated carbocycles. The van der Waals surface area contributed by atoms with E-state index in [1.807, 2.05) is 30.3 Å². The minimum atomic E-state index is -3.07. The van der Waals surface area contributed by atoms with Crippen LogP contribution in [0.15, 0.2) is 65.1 Å². The van der Waals surface area contributed by atoms with Gasteiger partial charge < -0.3 is 41.7 Å². The fraction of sp³-hybridized carbons (Fsp3) is 0.400. The number of carboxylic acid groups (broad SMARTS) is 1. The van der Waals surface area contributed by atoms with Crippen molar-refractivity contribution in [2.24, 2.45) is 17.6 Å². The maximum atomic E-state index is 14.2. The molecule has 0 saturated heterocycles. The second-order valence-corrected chi connectivity index (χ2v) is 13.1. The number of fused-ring (bicyclic) bond motifs is 3. The lowest BCUT2D eigenvalue weighted by molar-refractivity contribution is -0.162. The molecule has 2 aromatic rings. The third-order valence-corrected chi connectivity index (χ3v) is 10.1. The molecule has 9 N–H and O–H groups in total. The number of carbonyl (C=O) groups is 5. The Morgan fingerprint density at radius 1 is 1.04 bits per heavy atom. The minimum absolute atomic E-state index is 0.207. The molecule has 7 atom stereocenters. The molecule has 0 bridgehead atoms. The Morgan fingerprint density at radius 2 is 1.68 bits per heavy atom. The summed E-state index contributed by atoms with van der Waals surface area (Å²) in [4.78, 5) is 68.5. The number of carbonyl (C=O) groups excluding carboxylic acids is 4. The lowest BCUT2D eigenvalue weighted by Crippen LogP contribution is -2.68. The first kappa shape index (κ1) is 36.2. The number of nitrogens with zero attached hydrogens (tertiary/aromatic N) is 2. The zero-order valence-electron chi connectivity index (χ0n) is 27.8. The first-order valence-electron chi connectivity index (χ1n) is 16.0. The lowest BCUT2D eigenvalue weighted by atomic mass is 9.55. The summed E-state index contributed by atoms with van der Waals surface area (Å²) in [5.74, 6) is -12.5. The normalized spacial score (nSPS) is 26.8. The topological polar surface area (TPSA) is 251 Å². The van der Waals surface area contributed by atoms with Crippen molar-refractivity contribution in [3.05, 3.63) is 81.8 Å². The number of nitrogens with two attached hydrogens (primary N) is 1. The molecule has 0 fully saturated rings. The third kappa shape index (κ3) is 5.61. The first-order valence-corrected chi connectivity index (χ1v) is 16.0. The molecule has 266 valence electrons. The highest BCUT2D eigenvalue weighted by Crippen LogP contribution is 2.56. The van der Waals surface area contributed by atoms with Crippen LogP contribution in [0.1, 0.15) is 47.7 Å². The van der Waals surface area contributed by atoms with Crippen molar-refractivity contribution >= 4 is 35.0 Å². The quantitative estimate of drug-likeness (QED) is 0.128. The Labute approximate surface area is 286 Å². The predicted octanol–water partition coefficient (Wildman–Crippen LogP) is 0.956. The van der Waals surface area contributed by atoms with E-state index in [4.69, 9.17) is 5.73 Å². The van der Waals surface area contributed by atoms with E-state index in [1.165, 1.54) is 31.1 Å². The van der Waals surface area contributed by atoms with Gasteiger partial charge in [0, 0.05) is 18.0 Å². The summed E-state index contributed by atoms with van der Waals surface area (Å²) in [5, 5.41) is 69.8. The summed E-state index contributed by atoms with van der Waals surface area (Å²) in [6.07, 6.45) is -2.33. The van der Waals surface area contributed by atoms with Gasteiger partial charge in [-0.2, -0.15) is 0 Å². The van der Waals surface area contributed by atoms with Gasteiger partial charge >= 0.3 is 5.97 Å². The molecule has 0 aromatic heterocycles. The van der Waals surface area contributed by atoms with Crippen LogP contribution in [0.4, 0.5) is 5.69 Å². The Bertz CT molecular complexity index is 1840. The summed E-state index contributed by atoms with van der Waals surface area (Å²) < 4.78 is 0. The first-order chi connectivity index (χ1) is 23.5. The highest BCUT2D eigenvalue weighted by molar-refractivity contribution is 6.25. The summed E-state index contributed by atoms with van der Waals surface area (Å²) in [7, 11) is 2.89. The lowest BCUT2D eigenvalue weighted by Gasteiger charge is -2.53. The summed E-state index contributed by atoms with van der Waals surface area (Å²) >= 11 is 0. The highest BCUT2D eigenvalue weighted by atomic mass is 16.4. The van der Waals surface area contributed by atoms with Crippen LogP contribution in [-0.4, -0.2) is 114 Å². The number of benzene rings is 2. The van der Waals surface area contributed by atoms with Gasteiger partial charge in [0.1, 0.15) is 23.1 Å². The number of aliphatic hydroxyl groups is 4. The number of aromatic hydroxyl groups is 1. The number of phenols is 1. The average molecular weight is 693 g/mol. The minimum Gasteiger partial charge on any atom is -0.510 e. The van der Waals surface area contributed by atoms with Crippen LogP contribution in [0, 0.1) is 11.8 Å². The summed E-state index contributed by atoms with van der Waals surface area (Å²) in [6, 6.07) is 9.26. The number of aliphatic carboxylic acids is 1. The molecule has 3 aliphatic carbocycles. The van der Waals surface area contributed by atoms with Crippen LogP contribution in [0.5, 0.6) is 5.75 Å². The van der Waals surface area contributed by atoms with Crippen LogP contribution in [0.25, 0.3) is 0 Å². The van der Waals surface area contributed by atoms with Crippen molar-refractivity contribution in [3.8, 4) is 5.75 Å². The third-order valence-electron chi connectivity index (χ3n) is 10.1. The van der Waals surface area contributed by atoms with E-state index < -0.39 is 111 Å². The average Bonchev–Trinajstić information content (AvgIpc) is 3.05. The van der Waals surface area contributed by atoms with Gasteiger partial charge in [-0.1, -0.05) is 50.2 Å². The Hall–Kier alpha value is -5.09. The predicted molar refractivity (Wildman–Crippen MR) is 177 cm³/mol. The molecule has 15 nitrogen and oxygen atoms in total. The maximum Gasteiger partial charge on any atom is 0.305 e. The van der Waals surface area contributed by atoms with Gasteiger partial charge in [-0.15, -0.1) is 0 Å². The fourth-order valence-corrected chi connectivity index (χ4v) is 7.75. The van der Waals surface area contributed by atoms with Gasteiger partial charge in [-0.05, 0) is 43.8 Å². The van der Waals surface area contributed by atoms with Crippen LogP contribution in [0.2, 0.25) is 0 Å². The van der Waals surface area contributed by atoms with Crippen molar-refractivity contribution < 1.29 is 54.6 Å². The molecular weight excluding hydrogens is 652 g/mol. The molecule has 0 radical (unpaired) electrons. The number of phenolic OH excluding ortho intramolecular Hbond substituents is 1. The number of nitrogens with one attached hydrogen (secondary N) is 1. The van der Waals surface area contributed by atoms with Crippen LogP contribution in [-0.2, 0) is 25.7 Å². The second-order valence-electron chi connectivity index (χ2n) is 13.1. The van der Waals surface area contributed by atoms with Crippen LogP contribution < -0.4 is 11.1 Å². The second kappa shape index (κ2) is 13.3. The number of likely N-dealkylation sites (N-methyl/N-ethyl adjacent to an activating group) is 2. The number of hydrogen-bond donors (Lipinski definition) is 8. The number of aliphatic hydroxyl groups excluding tert-OH is 3. The van der Waals surface area contributed by atoms with Crippen molar-refractivity contribution in [1.82, 2.24) is 9.80 Å². The number of primary amides is 1. The molecule has 15 heteroatoms. The molecular formula is C35H40N4O11. The van der Waals surface area contributed by atoms with Crippen molar-refractivity contribution in [2.75, 3.05) is 26.0 Å². The monoisotopic (exact) mass is 692 g/mol. The van der Waals surface area contributed by atoms with Gasteiger partial charge in [-0.3, -0.25) is 33.8 Å². The van der Waals surface area contributed by atoms with Gasteiger partial charge in [0.25, 0.3) is 5.91 Å². The Balaban J connectivity index is 1.57. The number of amides is 2. The molecule has 2 amide bonds. The van der Waals surface area contributed by atoms with E-state index in [0.717, 1.165) is 5.56 Å². The number of hydrogen-bond acceptors (Lipinski definition) is 12. The largest absolute Gasteiger partial charge is 0.510 e. The zero-order chi connectivity index (χ0) is 37.0. The summed E-state index contributed by atoms with van der Waals surface area (Å²) in [6.45, 7) is 3.88. The Kier molecular flexibility index (Phi) is 9.64.